The van der Waals surface area contributed by atoms with E-state index in [0.717, 1.165) is 0 Å². The van der Waals surface area contributed by atoms with Gasteiger partial charge in [0.25, 0.3) is 0 Å². The first-order valence-corrected chi connectivity index (χ1v) is 7.50. The minimum absolute atomic E-state index is 0.417. The van der Waals surface area contributed by atoms with E-state index in [1.54, 1.807) is 0 Å². The molecule has 0 aromatic rings. The first kappa shape index (κ1) is 16.9. The van der Waals surface area contributed by atoms with Gasteiger partial charge in [0.2, 0.25) is 0 Å². The number of hydrogen-bond donors (Lipinski definition) is 2. The zero-order chi connectivity index (χ0) is 12.9. The summed E-state index contributed by atoms with van der Waals surface area (Å²) in [5.74, 6) is 1.31. The van der Waals surface area contributed by atoms with E-state index in [2.05, 4.69) is 13.8 Å². The minimum Gasteiger partial charge on any atom is -0.396 e. The van der Waals surface area contributed by atoms with E-state index in [9.17, 15) is 0 Å². The van der Waals surface area contributed by atoms with Crippen molar-refractivity contribution in [1.82, 2.24) is 0 Å². The van der Waals surface area contributed by atoms with Gasteiger partial charge in [-0.05, 0) is 37.5 Å². The van der Waals surface area contributed by atoms with Crippen molar-refractivity contribution in [2.24, 2.45) is 11.8 Å². The van der Waals surface area contributed by atoms with Crippen LogP contribution >= 0.6 is 0 Å². The summed E-state index contributed by atoms with van der Waals surface area (Å²) in [7, 11) is 0. The van der Waals surface area contributed by atoms with Crippen LogP contribution in [0.2, 0.25) is 0 Å². The molecule has 0 spiro atoms. The molecule has 0 aliphatic heterocycles. The van der Waals surface area contributed by atoms with Crippen LogP contribution in [0.4, 0.5) is 0 Å². The third-order valence-electron chi connectivity index (χ3n) is 3.47. The normalized spacial score (nSPS) is 20.5. The fraction of sp³-hybridized carbons (Fsp3) is 1.00. The molecule has 17 heavy (non-hydrogen) atoms. The van der Waals surface area contributed by atoms with Gasteiger partial charge >= 0.3 is 0 Å². The average molecular weight is 244 g/mol. The summed E-state index contributed by atoms with van der Waals surface area (Å²) in [5.41, 5.74) is 0. The Morgan fingerprint density at radius 1 is 0.706 bits per heavy atom. The van der Waals surface area contributed by atoms with E-state index < -0.39 is 0 Å². The molecule has 2 aliphatic carbocycles. The van der Waals surface area contributed by atoms with Crippen LogP contribution in [-0.2, 0) is 0 Å². The highest BCUT2D eigenvalue weighted by Crippen LogP contribution is 2.23. The molecule has 0 heterocycles. The van der Waals surface area contributed by atoms with E-state index in [4.69, 9.17) is 10.2 Å². The molecular weight excluding hydrogens is 212 g/mol. The number of rotatable bonds is 2. The summed E-state index contributed by atoms with van der Waals surface area (Å²) in [6.45, 7) is 5.08. The molecule has 2 nitrogen and oxygen atoms in total. The summed E-state index contributed by atoms with van der Waals surface area (Å²) in [5, 5.41) is 17.1. The Kier molecular flexibility index (Phi) is 12.3. The molecule has 104 valence electrons. The largest absolute Gasteiger partial charge is 0.396 e. The second-order valence-corrected chi connectivity index (χ2v) is 5.37. The van der Waals surface area contributed by atoms with Crippen LogP contribution in [-0.4, -0.2) is 23.4 Å². The van der Waals surface area contributed by atoms with Crippen molar-refractivity contribution in [3.05, 3.63) is 0 Å². The van der Waals surface area contributed by atoms with Crippen LogP contribution in [0.3, 0.4) is 0 Å². The predicted molar refractivity (Wildman–Crippen MR) is 74.1 cm³/mol. The Morgan fingerprint density at radius 2 is 0.941 bits per heavy atom. The van der Waals surface area contributed by atoms with Crippen LogP contribution in [0.5, 0.6) is 0 Å². The first-order valence-electron chi connectivity index (χ1n) is 7.50. The molecule has 0 bridgehead atoms. The minimum atomic E-state index is 0.417. The van der Waals surface area contributed by atoms with Gasteiger partial charge in [-0.1, -0.05) is 46.0 Å². The van der Waals surface area contributed by atoms with Gasteiger partial charge in [0, 0.05) is 13.2 Å². The molecule has 0 unspecified atom stereocenters. The van der Waals surface area contributed by atoms with Crippen LogP contribution in [0.25, 0.3) is 0 Å². The van der Waals surface area contributed by atoms with Crippen LogP contribution in [0.1, 0.15) is 71.6 Å². The van der Waals surface area contributed by atoms with Gasteiger partial charge in [-0.3, -0.25) is 0 Å². The summed E-state index contributed by atoms with van der Waals surface area (Å²) < 4.78 is 0. The number of hydrogen-bond acceptors (Lipinski definition) is 2. The van der Waals surface area contributed by atoms with Crippen LogP contribution in [0, 0.1) is 11.8 Å². The highest BCUT2D eigenvalue weighted by atomic mass is 16.3. The second kappa shape index (κ2) is 12.4. The maximum Gasteiger partial charge on any atom is 0.0459 e. The van der Waals surface area contributed by atoms with Gasteiger partial charge in [0.15, 0.2) is 0 Å². The topological polar surface area (TPSA) is 40.5 Å². The standard InChI is InChI=1S/2C6H12O.C3H8/c2*7-5-6-3-1-2-4-6;1-3-2/h2*6-7H,1-5H2;3H2,1-2H3. The SMILES string of the molecule is CCC.OCC1CCCC1.OCC1CCCC1. The van der Waals surface area contributed by atoms with Gasteiger partial charge in [-0.15, -0.1) is 0 Å². The smallest absolute Gasteiger partial charge is 0.0459 e. The van der Waals surface area contributed by atoms with Crippen molar-refractivity contribution in [3.63, 3.8) is 0 Å². The van der Waals surface area contributed by atoms with E-state index in [1.807, 2.05) is 0 Å². The summed E-state index contributed by atoms with van der Waals surface area (Å²) in [6.07, 6.45) is 11.6. The Bertz CT molecular complexity index is 120. The predicted octanol–water partition coefficient (Wildman–Crippen LogP) is 3.75. The Balaban J connectivity index is 0.000000247. The zero-order valence-electron chi connectivity index (χ0n) is 11.8. The second-order valence-electron chi connectivity index (χ2n) is 5.37. The van der Waals surface area contributed by atoms with Crippen LogP contribution < -0.4 is 0 Å². The Labute approximate surface area is 107 Å². The lowest BCUT2D eigenvalue weighted by Crippen LogP contribution is -1.97. The fourth-order valence-electron chi connectivity index (χ4n) is 2.39. The molecule has 2 aliphatic rings. The van der Waals surface area contributed by atoms with E-state index >= 15 is 0 Å². The van der Waals surface area contributed by atoms with Gasteiger partial charge in [-0.25, -0.2) is 0 Å². The molecular formula is C15H32O2. The highest BCUT2D eigenvalue weighted by molar-refractivity contribution is 4.65. The lowest BCUT2D eigenvalue weighted by Gasteiger charge is -1.98. The number of aliphatic hydroxyl groups is 2. The van der Waals surface area contributed by atoms with Gasteiger partial charge in [0.05, 0.1) is 0 Å². The molecule has 2 N–H and O–H groups in total. The number of aliphatic hydroxyl groups excluding tert-OH is 2. The zero-order valence-corrected chi connectivity index (χ0v) is 11.8. The monoisotopic (exact) mass is 244 g/mol. The third-order valence-corrected chi connectivity index (χ3v) is 3.47. The third kappa shape index (κ3) is 9.61. The lowest BCUT2D eigenvalue weighted by molar-refractivity contribution is 0.230. The Hall–Kier alpha value is -0.0800. The van der Waals surface area contributed by atoms with Crippen molar-refractivity contribution in [2.45, 2.75) is 71.6 Å². The first-order chi connectivity index (χ1) is 8.28. The molecule has 2 heteroatoms. The van der Waals surface area contributed by atoms with Gasteiger partial charge in [0.1, 0.15) is 0 Å². The van der Waals surface area contributed by atoms with E-state index in [1.165, 1.54) is 57.8 Å². The van der Waals surface area contributed by atoms with Crippen LogP contribution in [0.15, 0.2) is 0 Å². The molecule has 2 saturated carbocycles. The maximum absolute atomic E-state index is 8.57. The molecule has 2 fully saturated rings. The summed E-state index contributed by atoms with van der Waals surface area (Å²) >= 11 is 0. The maximum atomic E-state index is 8.57. The summed E-state index contributed by atoms with van der Waals surface area (Å²) in [6, 6.07) is 0. The van der Waals surface area contributed by atoms with Crippen molar-refractivity contribution < 1.29 is 10.2 Å². The van der Waals surface area contributed by atoms with E-state index in [-0.39, 0.29) is 0 Å². The van der Waals surface area contributed by atoms with Crippen molar-refractivity contribution in [3.8, 4) is 0 Å². The molecule has 2 rings (SSSR count). The van der Waals surface area contributed by atoms with Crippen molar-refractivity contribution in [2.75, 3.05) is 13.2 Å². The van der Waals surface area contributed by atoms with Crippen molar-refractivity contribution in [1.29, 1.82) is 0 Å². The molecule has 0 amide bonds. The van der Waals surface area contributed by atoms with Gasteiger partial charge < -0.3 is 10.2 Å². The average Bonchev–Trinajstić information content (AvgIpc) is 3.04. The molecule has 0 aromatic carbocycles. The molecule has 0 saturated heterocycles. The fourth-order valence-corrected chi connectivity index (χ4v) is 2.39. The van der Waals surface area contributed by atoms with E-state index in [0.29, 0.717) is 25.0 Å². The van der Waals surface area contributed by atoms with Crippen molar-refractivity contribution >= 4 is 0 Å². The molecule has 0 aromatic heterocycles. The van der Waals surface area contributed by atoms with Gasteiger partial charge in [-0.2, -0.15) is 0 Å². The highest BCUT2D eigenvalue weighted by Gasteiger charge is 2.12. The summed E-state index contributed by atoms with van der Waals surface area (Å²) in [4.78, 5) is 0. The quantitative estimate of drug-likeness (QED) is 0.776. The molecule has 0 radical (unpaired) electrons. The lowest BCUT2D eigenvalue weighted by atomic mass is 10.1. The Morgan fingerprint density at radius 3 is 1.06 bits per heavy atom. The molecule has 0 atom stereocenters.